The van der Waals surface area contributed by atoms with E-state index in [2.05, 4.69) is 22.2 Å². The number of phenols is 1. The smallest absolute Gasteiger partial charge is 0.169 e. The molecular weight excluding hydrogens is 450 g/mol. The molecule has 5 rings (SSSR count). The number of hydrogen-bond acceptors (Lipinski definition) is 6. The van der Waals surface area contributed by atoms with Crippen LogP contribution >= 0.6 is 11.6 Å². The standard InChI is InChI=1S/C27H30ClN3O3/c1-31-8-6-16(7-9-31)13-30-25-21-11-18(19-10-20(15-32)27(34)23(28)12-19)4-5-24(21)29-14-22(25)26(33)17-2-3-17/h4-5,10-12,14,16-17,32,34H,2-3,6-9,13,15H2,1H3,(H,29,30). The van der Waals surface area contributed by atoms with Crippen molar-refractivity contribution in [1.29, 1.82) is 0 Å². The Kier molecular flexibility index (Phi) is 6.47. The second kappa shape index (κ2) is 9.53. The van der Waals surface area contributed by atoms with Gasteiger partial charge in [-0.3, -0.25) is 9.78 Å². The quantitative estimate of drug-likeness (QED) is 0.409. The van der Waals surface area contributed by atoms with Crippen LogP contribution < -0.4 is 5.32 Å². The zero-order valence-corrected chi connectivity index (χ0v) is 20.1. The van der Waals surface area contributed by atoms with Gasteiger partial charge in [0.2, 0.25) is 0 Å². The van der Waals surface area contributed by atoms with Crippen molar-refractivity contribution in [1.82, 2.24) is 9.88 Å². The van der Waals surface area contributed by atoms with Crippen LogP contribution in [0.5, 0.6) is 5.75 Å². The summed E-state index contributed by atoms with van der Waals surface area (Å²) in [6, 6.07) is 9.33. The molecule has 1 aromatic heterocycles. The van der Waals surface area contributed by atoms with Crippen molar-refractivity contribution in [3.8, 4) is 16.9 Å². The zero-order valence-electron chi connectivity index (χ0n) is 19.4. The number of nitrogens with one attached hydrogen (secondary N) is 1. The van der Waals surface area contributed by atoms with Crippen molar-refractivity contribution in [3.05, 3.63) is 52.7 Å². The number of likely N-dealkylation sites (tertiary alicyclic amines) is 1. The lowest BCUT2D eigenvalue weighted by Crippen LogP contribution is -2.33. The van der Waals surface area contributed by atoms with E-state index in [0.29, 0.717) is 17.0 Å². The number of aromatic hydroxyl groups is 1. The van der Waals surface area contributed by atoms with E-state index >= 15 is 0 Å². The molecule has 0 atom stereocenters. The lowest BCUT2D eigenvalue weighted by atomic mass is 9.95. The minimum atomic E-state index is -0.308. The van der Waals surface area contributed by atoms with Gasteiger partial charge in [0.05, 0.1) is 28.4 Å². The predicted molar refractivity (Wildman–Crippen MR) is 136 cm³/mol. The SMILES string of the molecule is CN1CCC(CNc2c(C(=O)C3CC3)cnc3ccc(-c4cc(Cl)c(O)c(CO)c4)cc23)CC1. The van der Waals surface area contributed by atoms with Gasteiger partial charge in [0.1, 0.15) is 5.75 Å². The summed E-state index contributed by atoms with van der Waals surface area (Å²) in [7, 11) is 2.16. The summed E-state index contributed by atoms with van der Waals surface area (Å²) in [5, 5.41) is 24.4. The van der Waals surface area contributed by atoms with E-state index in [1.54, 1.807) is 18.3 Å². The molecule has 7 heteroatoms. The fourth-order valence-electron chi connectivity index (χ4n) is 4.77. The van der Waals surface area contributed by atoms with Crippen molar-refractivity contribution in [2.45, 2.75) is 32.3 Å². The number of Topliss-reactive ketones (excluding diaryl/α,β-unsaturated/α-hetero) is 1. The Hall–Kier alpha value is -2.67. The number of pyridine rings is 1. The van der Waals surface area contributed by atoms with Gasteiger partial charge in [-0.15, -0.1) is 0 Å². The Bertz CT molecular complexity index is 1230. The van der Waals surface area contributed by atoms with Crippen molar-refractivity contribution >= 4 is 34.0 Å². The van der Waals surface area contributed by atoms with Crippen molar-refractivity contribution in [2.24, 2.45) is 11.8 Å². The van der Waals surface area contributed by atoms with Gasteiger partial charge in [0.15, 0.2) is 5.78 Å². The predicted octanol–water partition coefficient (Wildman–Crippen LogP) is 5.10. The first-order chi connectivity index (χ1) is 16.4. The third-order valence-corrected chi connectivity index (χ3v) is 7.42. The molecule has 1 saturated carbocycles. The number of piperidine rings is 1. The van der Waals surface area contributed by atoms with Gasteiger partial charge < -0.3 is 20.4 Å². The van der Waals surface area contributed by atoms with E-state index in [1.165, 1.54) is 0 Å². The number of rotatable bonds is 7. The first-order valence-corrected chi connectivity index (χ1v) is 12.3. The minimum absolute atomic E-state index is 0.104. The number of carbonyl (C=O) groups is 1. The first-order valence-electron chi connectivity index (χ1n) is 12.0. The normalized spacial score (nSPS) is 17.3. The molecule has 2 aromatic carbocycles. The van der Waals surface area contributed by atoms with Crippen LogP contribution in [0, 0.1) is 11.8 Å². The number of aliphatic hydroxyl groups is 1. The Balaban J connectivity index is 1.56. The molecule has 2 heterocycles. The van der Waals surface area contributed by atoms with Gasteiger partial charge in [-0.05, 0) is 87.1 Å². The van der Waals surface area contributed by atoms with Crippen LogP contribution in [0.4, 0.5) is 5.69 Å². The summed E-state index contributed by atoms with van der Waals surface area (Å²) < 4.78 is 0. The highest BCUT2D eigenvalue weighted by Crippen LogP contribution is 2.39. The molecule has 6 nitrogen and oxygen atoms in total. The van der Waals surface area contributed by atoms with Crippen LogP contribution in [0.25, 0.3) is 22.0 Å². The number of aromatic nitrogens is 1. The van der Waals surface area contributed by atoms with Gasteiger partial charge >= 0.3 is 0 Å². The number of carbonyl (C=O) groups excluding carboxylic acids is 1. The van der Waals surface area contributed by atoms with E-state index in [-0.39, 0.29) is 29.1 Å². The van der Waals surface area contributed by atoms with Crippen LogP contribution in [-0.2, 0) is 6.61 Å². The number of fused-ring (bicyclic) bond motifs is 1. The molecule has 178 valence electrons. The van der Waals surface area contributed by atoms with Crippen LogP contribution in [0.1, 0.15) is 41.6 Å². The topological polar surface area (TPSA) is 85.7 Å². The van der Waals surface area contributed by atoms with E-state index in [1.807, 2.05) is 18.2 Å². The maximum Gasteiger partial charge on any atom is 0.169 e. The van der Waals surface area contributed by atoms with Gasteiger partial charge in [0, 0.05) is 29.6 Å². The molecular formula is C27H30ClN3O3. The van der Waals surface area contributed by atoms with Gasteiger partial charge in [-0.2, -0.15) is 0 Å². The summed E-state index contributed by atoms with van der Waals surface area (Å²) in [4.78, 5) is 20.1. The lowest BCUT2D eigenvalue weighted by molar-refractivity contribution is 0.0968. The molecule has 2 aliphatic rings. The number of anilines is 1. The van der Waals surface area contributed by atoms with E-state index < -0.39 is 0 Å². The van der Waals surface area contributed by atoms with E-state index in [4.69, 9.17) is 11.6 Å². The fraction of sp³-hybridized carbons (Fsp3) is 0.407. The molecule has 34 heavy (non-hydrogen) atoms. The summed E-state index contributed by atoms with van der Waals surface area (Å²) in [5.41, 5.74) is 4.38. The summed E-state index contributed by atoms with van der Waals surface area (Å²) in [5.74, 6) is 0.734. The van der Waals surface area contributed by atoms with Crippen molar-refractivity contribution in [2.75, 3.05) is 32.0 Å². The molecule has 1 saturated heterocycles. The Morgan fingerprint density at radius 2 is 1.91 bits per heavy atom. The highest BCUT2D eigenvalue weighted by atomic mass is 35.5. The number of aliphatic hydroxyl groups excluding tert-OH is 1. The van der Waals surface area contributed by atoms with Gasteiger partial charge in [-0.1, -0.05) is 17.7 Å². The molecule has 0 radical (unpaired) electrons. The molecule has 0 unspecified atom stereocenters. The van der Waals surface area contributed by atoms with Crippen LogP contribution in [0.2, 0.25) is 5.02 Å². The average molecular weight is 480 g/mol. The third-order valence-electron chi connectivity index (χ3n) is 7.13. The number of nitrogens with zero attached hydrogens (tertiary/aromatic N) is 2. The maximum atomic E-state index is 13.1. The van der Waals surface area contributed by atoms with Gasteiger partial charge in [-0.25, -0.2) is 0 Å². The first kappa shape index (κ1) is 23.1. The largest absolute Gasteiger partial charge is 0.506 e. The van der Waals surface area contributed by atoms with E-state index in [0.717, 1.165) is 73.0 Å². The van der Waals surface area contributed by atoms with Crippen molar-refractivity contribution in [3.63, 3.8) is 0 Å². The molecule has 3 aromatic rings. The zero-order chi connectivity index (χ0) is 23.8. The maximum absolute atomic E-state index is 13.1. The molecule has 0 amide bonds. The molecule has 2 fully saturated rings. The highest BCUT2D eigenvalue weighted by Gasteiger charge is 2.32. The van der Waals surface area contributed by atoms with Crippen LogP contribution in [0.3, 0.4) is 0 Å². The summed E-state index contributed by atoms with van der Waals surface area (Å²) in [6.45, 7) is 2.70. The van der Waals surface area contributed by atoms with Crippen LogP contribution in [-0.4, -0.2) is 52.6 Å². The molecule has 3 N–H and O–H groups in total. The Morgan fingerprint density at radius 1 is 1.15 bits per heavy atom. The second-order valence-electron chi connectivity index (χ2n) is 9.67. The highest BCUT2D eigenvalue weighted by molar-refractivity contribution is 6.32. The summed E-state index contributed by atoms with van der Waals surface area (Å²) >= 11 is 6.22. The molecule has 0 bridgehead atoms. The Morgan fingerprint density at radius 3 is 2.62 bits per heavy atom. The Labute approximate surface area is 204 Å². The molecule has 1 aliphatic carbocycles. The number of benzene rings is 2. The molecule has 0 spiro atoms. The summed E-state index contributed by atoms with van der Waals surface area (Å²) in [6.07, 6.45) is 5.89. The van der Waals surface area contributed by atoms with Crippen LogP contribution in [0.15, 0.2) is 36.5 Å². The minimum Gasteiger partial charge on any atom is -0.506 e. The monoisotopic (exact) mass is 479 g/mol. The second-order valence-corrected chi connectivity index (χ2v) is 10.1. The fourth-order valence-corrected chi connectivity index (χ4v) is 5.01. The average Bonchev–Trinajstić information content (AvgIpc) is 3.70. The van der Waals surface area contributed by atoms with E-state index in [9.17, 15) is 15.0 Å². The lowest BCUT2D eigenvalue weighted by Gasteiger charge is -2.29. The number of halogens is 1. The number of hydrogen-bond donors (Lipinski definition) is 3. The number of ketones is 1. The molecule has 1 aliphatic heterocycles. The third kappa shape index (κ3) is 4.63. The van der Waals surface area contributed by atoms with Crippen molar-refractivity contribution < 1.29 is 15.0 Å². The van der Waals surface area contributed by atoms with Gasteiger partial charge in [0.25, 0.3) is 0 Å².